The van der Waals surface area contributed by atoms with Crippen molar-refractivity contribution >= 4 is 0 Å². The van der Waals surface area contributed by atoms with E-state index in [0.29, 0.717) is 11.8 Å². The van der Waals surface area contributed by atoms with Crippen LogP contribution in [0.5, 0.6) is 0 Å². The van der Waals surface area contributed by atoms with E-state index in [-0.39, 0.29) is 6.04 Å². The maximum atomic E-state index is 5.61. The Morgan fingerprint density at radius 3 is 2.67 bits per heavy atom. The van der Waals surface area contributed by atoms with Gasteiger partial charge in [0.2, 0.25) is 5.89 Å². The molecule has 3 aliphatic heterocycles. The molecule has 5 nitrogen and oxygen atoms in total. The molecule has 5 heteroatoms. The van der Waals surface area contributed by atoms with E-state index < -0.39 is 0 Å². The SMILES string of the molecule is CC1CCCNC1c1nc(C2CC3CCC(C2)N3C)no1. The molecule has 0 saturated carbocycles. The van der Waals surface area contributed by atoms with Crippen molar-refractivity contribution in [2.75, 3.05) is 13.6 Å². The van der Waals surface area contributed by atoms with Crippen LogP contribution in [0.1, 0.15) is 69.1 Å². The fourth-order valence-electron chi connectivity index (χ4n) is 4.54. The summed E-state index contributed by atoms with van der Waals surface area (Å²) in [6.07, 6.45) is 7.55. The van der Waals surface area contributed by atoms with Crippen molar-refractivity contribution in [3.63, 3.8) is 0 Å². The van der Waals surface area contributed by atoms with Gasteiger partial charge in [0.05, 0.1) is 6.04 Å². The zero-order chi connectivity index (χ0) is 14.4. The Morgan fingerprint density at radius 1 is 1.19 bits per heavy atom. The molecule has 0 spiro atoms. The molecule has 21 heavy (non-hydrogen) atoms. The Hall–Kier alpha value is -0.940. The van der Waals surface area contributed by atoms with Gasteiger partial charge in [-0.3, -0.25) is 0 Å². The van der Waals surface area contributed by atoms with E-state index in [1.165, 1.54) is 38.5 Å². The number of hydrogen-bond donors (Lipinski definition) is 1. The zero-order valence-corrected chi connectivity index (χ0v) is 13.1. The lowest BCUT2D eigenvalue weighted by Crippen LogP contribution is -2.39. The summed E-state index contributed by atoms with van der Waals surface area (Å²) in [6, 6.07) is 1.70. The normalized spacial score (nSPS) is 40.6. The highest BCUT2D eigenvalue weighted by atomic mass is 16.5. The van der Waals surface area contributed by atoms with Crippen LogP contribution >= 0.6 is 0 Å². The van der Waals surface area contributed by atoms with Crippen LogP contribution in [-0.2, 0) is 0 Å². The van der Waals surface area contributed by atoms with Crippen molar-refractivity contribution in [3.8, 4) is 0 Å². The predicted octanol–water partition coefficient (Wildman–Crippen LogP) is 2.47. The van der Waals surface area contributed by atoms with Gasteiger partial charge >= 0.3 is 0 Å². The molecule has 4 unspecified atom stereocenters. The summed E-state index contributed by atoms with van der Waals surface area (Å²) in [6.45, 7) is 3.33. The van der Waals surface area contributed by atoms with Crippen molar-refractivity contribution < 1.29 is 4.52 Å². The highest BCUT2D eigenvalue weighted by molar-refractivity contribution is 5.07. The van der Waals surface area contributed by atoms with Crippen LogP contribution < -0.4 is 5.32 Å². The first-order valence-electron chi connectivity index (χ1n) is 8.51. The van der Waals surface area contributed by atoms with Gasteiger partial charge in [0, 0.05) is 18.0 Å². The smallest absolute Gasteiger partial charge is 0.244 e. The van der Waals surface area contributed by atoms with E-state index >= 15 is 0 Å². The summed E-state index contributed by atoms with van der Waals surface area (Å²) in [7, 11) is 2.27. The largest absolute Gasteiger partial charge is 0.338 e. The van der Waals surface area contributed by atoms with Gasteiger partial charge in [-0.1, -0.05) is 12.1 Å². The summed E-state index contributed by atoms with van der Waals surface area (Å²) in [5.74, 6) is 2.84. The Labute approximate surface area is 126 Å². The van der Waals surface area contributed by atoms with Gasteiger partial charge in [-0.25, -0.2) is 0 Å². The van der Waals surface area contributed by atoms with Gasteiger partial charge < -0.3 is 14.7 Å². The molecular formula is C16H26N4O. The van der Waals surface area contributed by atoms with Gasteiger partial charge in [-0.2, -0.15) is 4.98 Å². The standard InChI is InChI=1S/C16H26N4O/c1-10-4-3-7-17-14(10)16-18-15(19-21-16)11-8-12-5-6-13(9-11)20(12)2/h10-14,17H,3-9H2,1-2H3. The molecule has 3 fully saturated rings. The molecule has 1 N–H and O–H groups in total. The number of hydrogen-bond acceptors (Lipinski definition) is 5. The Bertz CT molecular complexity index is 488. The molecule has 4 heterocycles. The molecule has 0 radical (unpaired) electrons. The van der Waals surface area contributed by atoms with Crippen molar-refractivity contribution in [2.45, 2.75) is 69.5 Å². The molecule has 0 aliphatic carbocycles. The number of nitrogens with one attached hydrogen (secondary N) is 1. The predicted molar refractivity (Wildman–Crippen MR) is 80.0 cm³/mol. The molecule has 0 aromatic carbocycles. The number of aromatic nitrogens is 2. The first-order valence-corrected chi connectivity index (χ1v) is 8.51. The van der Waals surface area contributed by atoms with Crippen LogP contribution in [0.2, 0.25) is 0 Å². The third-order valence-electron chi connectivity index (χ3n) is 5.96. The lowest BCUT2D eigenvalue weighted by Gasteiger charge is -2.34. The minimum Gasteiger partial charge on any atom is -0.338 e. The van der Waals surface area contributed by atoms with Crippen molar-refractivity contribution in [1.29, 1.82) is 0 Å². The minimum atomic E-state index is 0.253. The van der Waals surface area contributed by atoms with Crippen LogP contribution in [0.4, 0.5) is 0 Å². The summed E-state index contributed by atoms with van der Waals surface area (Å²) in [4.78, 5) is 7.33. The molecule has 4 atom stereocenters. The van der Waals surface area contributed by atoms with Crippen LogP contribution in [-0.4, -0.2) is 40.7 Å². The lowest BCUT2D eigenvalue weighted by atomic mass is 9.90. The van der Waals surface area contributed by atoms with E-state index in [9.17, 15) is 0 Å². The number of piperidine rings is 2. The van der Waals surface area contributed by atoms with Crippen molar-refractivity contribution in [3.05, 3.63) is 11.7 Å². The van der Waals surface area contributed by atoms with Gasteiger partial charge in [-0.15, -0.1) is 0 Å². The van der Waals surface area contributed by atoms with Gasteiger partial charge in [0.1, 0.15) is 0 Å². The van der Waals surface area contributed by atoms with Gasteiger partial charge in [-0.05, 0) is 58.0 Å². The maximum Gasteiger partial charge on any atom is 0.244 e. The maximum absolute atomic E-state index is 5.61. The second-order valence-electron chi connectivity index (χ2n) is 7.26. The topological polar surface area (TPSA) is 54.2 Å². The van der Waals surface area contributed by atoms with E-state index in [2.05, 4.69) is 29.3 Å². The average molecular weight is 290 g/mol. The quantitative estimate of drug-likeness (QED) is 0.907. The van der Waals surface area contributed by atoms with Gasteiger partial charge in [0.15, 0.2) is 5.82 Å². The Morgan fingerprint density at radius 2 is 1.95 bits per heavy atom. The second-order valence-corrected chi connectivity index (χ2v) is 7.26. The second kappa shape index (κ2) is 5.36. The molecule has 1 aromatic heterocycles. The first kappa shape index (κ1) is 13.7. The third-order valence-corrected chi connectivity index (χ3v) is 5.96. The average Bonchev–Trinajstić information content (AvgIpc) is 3.02. The summed E-state index contributed by atoms with van der Waals surface area (Å²) >= 11 is 0. The Balaban J connectivity index is 1.50. The van der Waals surface area contributed by atoms with Gasteiger partial charge in [0.25, 0.3) is 0 Å². The fraction of sp³-hybridized carbons (Fsp3) is 0.875. The molecule has 116 valence electrons. The summed E-state index contributed by atoms with van der Waals surface area (Å²) < 4.78 is 5.61. The molecule has 2 bridgehead atoms. The zero-order valence-electron chi connectivity index (χ0n) is 13.1. The lowest BCUT2D eigenvalue weighted by molar-refractivity contribution is 0.157. The third kappa shape index (κ3) is 2.40. The summed E-state index contributed by atoms with van der Waals surface area (Å²) in [5.41, 5.74) is 0. The molecule has 4 rings (SSSR count). The van der Waals surface area contributed by atoms with E-state index in [1.54, 1.807) is 0 Å². The van der Waals surface area contributed by atoms with Crippen molar-refractivity contribution in [2.24, 2.45) is 5.92 Å². The van der Waals surface area contributed by atoms with E-state index in [4.69, 9.17) is 9.51 Å². The fourth-order valence-corrected chi connectivity index (χ4v) is 4.54. The van der Waals surface area contributed by atoms with E-state index in [0.717, 1.165) is 30.3 Å². The molecule has 1 aromatic rings. The highest BCUT2D eigenvalue weighted by Crippen LogP contribution is 2.41. The first-order chi connectivity index (χ1) is 10.2. The Kier molecular flexibility index (Phi) is 3.50. The number of fused-ring (bicyclic) bond motifs is 2. The van der Waals surface area contributed by atoms with Crippen molar-refractivity contribution in [1.82, 2.24) is 20.4 Å². The number of rotatable bonds is 2. The molecule has 3 saturated heterocycles. The van der Waals surface area contributed by atoms with Crippen LogP contribution in [0.3, 0.4) is 0 Å². The van der Waals surface area contributed by atoms with Crippen LogP contribution in [0.25, 0.3) is 0 Å². The number of nitrogens with zero attached hydrogens (tertiary/aromatic N) is 3. The van der Waals surface area contributed by atoms with Crippen LogP contribution in [0, 0.1) is 5.92 Å². The molecular weight excluding hydrogens is 264 g/mol. The summed E-state index contributed by atoms with van der Waals surface area (Å²) in [5, 5.41) is 7.86. The van der Waals surface area contributed by atoms with E-state index in [1.807, 2.05) is 0 Å². The highest BCUT2D eigenvalue weighted by Gasteiger charge is 2.40. The molecule has 3 aliphatic rings. The minimum absolute atomic E-state index is 0.253. The molecule has 0 amide bonds. The monoisotopic (exact) mass is 290 g/mol. The van der Waals surface area contributed by atoms with Crippen LogP contribution in [0.15, 0.2) is 4.52 Å².